The van der Waals surface area contributed by atoms with Gasteiger partial charge in [-0.25, -0.2) is 0 Å². The Hall–Kier alpha value is -3.22. The van der Waals surface area contributed by atoms with Crippen molar-refractivity contribution in [3.05, 3.63) is 84.2 Å². The predicted molar refractivity (Wildman–Crippen MR) is 130 cm³/mol. The number of anilines is 2. The molecule has 1 saturated heterocycles. The third-order valence-electron chi connectivity index (χ3n) is 5.67. The fourth-order valence-electron chi connectivity index (χ4n) is 3.80. The molecule has 0 bridgehead atoms. The van der Waals surface area contributed by atoms with E-state index in [4.69, 9.17) is 9.47 Å². The minimum absolute atomic E-state index is 0.193. The Labute approximate surface area is 195 Å². The van der Waals surface area contributed by atoms with Crippen molar-refractivity contribution in [1.82, 2.24) is 9.88 Å². The van der Waals surface area contributed by atoms with Crippen molar-refractivity contribution in [2.75, 3.05) is 38.2 Å². The van der Waals surface area contributed by atoms with E-state index in [1.54, 1.807) is 6.20 Å². The first-order valence-electron chi connectivity index (χ1n) is 11.6. The number of aromatic nitrogens is 1. The molecule has 1 aliphatic rings. The highest BCUT2D eigenvalue weighted by Crippen LogP contribution is 2.22. The van der Waals surface area contributed by atoms with Gasteiger partial charge in [-0.2, -0.15) is 0 Å². The number of hydrogen-bond donors (Lipinski definition) is 1. The van der Waals surface area contributed by atoms with Crippen LogP contribution < -0.4 is 10.1 Å². The molecule has 172 valence electrons. The van der Waals surface area contributed by atoms with Gasteiger partial charge in [-0.05, 0) is 67.9 Å². The first kappa shape index (κ1) is 23.0. The van der Waals surface area contributed by atoms with Crippen molar-refractivity contribution >= 4 is 17.2 Å². The van der Waals surface area contributed by atoms with E-state index in [0.29, 0.717) is 13.0 Å². The third-order valence-corrected chi connectivity index (χ3v) is 5.67. The summed E-state index contributed by atoms with van der Waals surface area (Å²) >= 11 is 0. The Balaban J connectivity index is 1.23. The van der Waals surface area contributed by atoms with E-state index in [9.17, 15) is 4.79 Å². The van der Waals surface area contributed by atoms with Crippen LogP contribution in [0.25, 0.3) is 0 Å². The maximum Gasteiger partial charge on any atom is 0.162 e. The van der Waals surface area contributed by atoms with Crippen molar-refractivity contribution in [3.8, 4) is 5.75 Å². The number of unbranched alkanes of at least 4 members (excludes halogenated alkanes) is 1. The topological polar surface area (TPSA) is 63.7 Å². The fourth-order valence-corrected chi connectivity index (χ4v) is 3.80. The summed E-state index contributed by atoms with van der Waals surface area (Å²) in [5.41, 5.74) is 3.48. The van der Waals surface area contributed by atoms with E-state index in [1.165, 1.54) is 0 Å². The Morgan fingerprint density at radius 2 is 1.82 bits per heavy atom. The molecule has 1 aliphatic heterocycles. The van der Waals surface area contributed by atoms with Crippen LogP contribution in [0, 0.1) is 0 Å². The highest BCUT2D eigenvalue weighted by atomic mass is 16.5. The first-order chi connectivity index (χ1) is 16.3. The number of nitrogens with zero attached hydrogens (tertiary/aromatic N) is 2. The largest absolute Gasteiger partial charge is 0.487 e. The molecule has 0 saturated carbocycles. The van der Waals surface area contributed by atoms with Crippen LogP contribution in [0.3, 0.4) is 0 Å². The van der Waals surface area contributed by atoms with E-state index in [-0.39, 0.29) is 5.78 Å². The standard InChI is InChI=1S/C27H31N3O3/c31-27(9-2-4-15-30-16-18-32-19-17-30)22-6-5-8-24(20-22)29-23-10-12-26(13-11-23)33-21-25-7-1-3-14-28-25/h1,3,5-8,10-14,20,29H,2,4,9,15-19,21H2. The van der Waals surface area contributed by atoms with Crippen LogP contribution in [0.15, 0.2) is 72.9 Å². The number of ether oxygens (including phenoxy) is 2. The number of carbonyl (C=O) groups excluding carboxylic acids is 1. The van der Waals surface area contributed by atoms with E-state index in [0.717, 1.165) is 74.1 Å². The van der Waals surface area contributed by atoms with E-state index < -0.39 is 0 Å². The van der Waals surface area contributed by atoms with Gasteiger partial charge < -0.3 is 14.8 Å². The van der Waals surface area contributed by atoms with Gasteiger partial charge in [-0.3, -0.25) is 14.7 Å². The maximum absolute atomic E-state index is 12.7. The quantitative estimate of drug-likeness (QED) is 0.328. The second-order valence-corrected chi connectivity index (χ2v) is 8.17. The van der Waals surface area contributed by atoms with E-state index in [2.05, 4.69) is 15.2 Å². The average Bonchev–Trinajstić information content (AvgIpc) is 2.87. The highest BCUT2D eigenvalue weighted by molar-refractivity contribution is 5.97. The summed E-state index contributed by atoms with van der Waals surface area (Å²) in [6.07, 6.45) is 4.29. The zero-order valence-electron chi connectivity index (χ0n) is 18.9. The van der Waals surface area contributed by atoms with E-state index >= 15 is 0 Å². The van der Waals surface area contributed by atoms with Crippen LogP contribution in [0.1, 0.15) is 35.3 Å². The molecule has 2 aromatic carbocycles. The molecule has 0 radical (unpaired) electrons. The van der Waals surface area contributed by atoms with Gasteiger partial charge >= 0.3 is 0 Å². The minimum atomic E-state index is 0.193. The van der Waals surface area contributed by atoms with Crippen molar-refractivity contribution in [2.45, 2.75) is 25.9 Å². The van der Waals surface area contributed by atoms with Crippen LogP contribution in [0.2, 0.25) is 0 Å². The van der Waals surface area contributed by atoms with Gasteiger partial charge in [0.05, 0.1) is 18.9 Å². The normalized spacial score (nSPS) is 14.1. The molecule has 1 fully saturated rings. The lowest BCUT2D eigenvalue weighted by atomic mass is 10.0. The fraction of sp³-hybridized carbons (Fsp3) is 0.333. The number of pyridine rings is 1. The molecule has 0 aliphatic carbocycles. The average molecular weight is 446 g/mol. The van der Waals surface area contributed by atoms with Gasteiger partial charge in [0, 0.05) is 42.6 Å². The number of benzene rings is 2. The number of rotatable bonds is 11. The maximum atomic E-state index is 12.7. The van der Waals surface area contributed by atoms with Crippen molar-refractivity contribution in [3.63, 3.8) is 0 Å². The minimum Gasteiger partial charge on any atom is -0.487 e. The summed E-state index contributed by atoms with van der Waals surface area (Å²) in [5.74, 6) is 0.978. The number of Topliss-reactive ketones (excluding diaryl/α,β-unsaturated/α-hetero) is 1. The van der Waals surface area contributed by atoms with Gasteiger partial charge in [0.2, 0.25) is 0 Å². The van der Waals surface area contributed by atoms with Crippen molar-refractivity contribution in [2.24, 2.45) is 0 Å². The molecule has 0 spiro atoms. The summed E-state index contributed by atoms with van der Waals surface area (Å²) in [7, 11) is 0. The lowest BCUT2D eigenvalue weighted by Crippen LogP contribution is -2.36. The lowest BCUT2D eigenvalue weighted by Gasteiger charge is -2.26. The summed E-state index contributed by atoms with van der Waals surface area (Å²) in [5, 5.41) is 3.37. The zero-order valence-corrected chi connectivity index (χ0v) is 18.9. The van der Waals surface area contributed by atoms with Gasteiger partial charge in [0.25, 0.3) is 0 Å². The first-order valence-corrected chi connectivity index (χ1v) is 11.6. The molecule has 4 rings (SSSR count). The third kappa shape index (κ3) is 7.41. The zero-order chi connectivity index (χ0) is 22.7. The molecule has 2 heterocycles. The Kier molecular flexibility index (Phi) is 8.44. The van der Waals surface area contributed by atoms with Gasteiger partial charge in [0.15, 0.2) is 5.78 Å². The monoisotopic (exact) mass is 445 g/mol. The molecule has 33 heavy (non-hydrogen) atoms. The Morgan fingerprint density at radius 1 is 0.970 bits per heavy atom. The molecular formula is C27H31N3O3. The summed E-state index contributed by atoms with van der Waals surface area (Å²) in [4.78, 5) is 19.3. The molecule has 0 atom stereocenters. The number of morpholine rings is 1. The van der Waals surface area contributed by atoms with Crippen molar-refractivity contribution in [1.29, 1.82) is 0 Å². The SMILES string of the molecule is O=C(CCCCN1CCOCC1)c1cccc(Nc2ccc(OCc3ccccn3)cc2)c1. The van der Waals surface area contributed by atoms with Crippen LogP contribution in [0.5, 0.6) is 5.75 Å². The summed E-state index contributed by atoms with van der Waals surface area (Å²) < 4.78 is 11.2. The molecule has 1 N–H and O–H groups in total. The smallest absolute Gasteiger partial charge is 0.162 e. The number of hydrogen-bond acceptors (Lipinski definition) is 6. The summed E-state index contributed by atoms with van der Waals surface area (Å²) in [6, 6.07) is 21.3. The van der Waals surface area contributed by atoms with Gasteiger partial charge in [0.1, 0.15) is 12.4 Å². The Bertz CT molecular complexity index is 1000. The van der Waals surface area contributed by atoms with Crippen LogP contribution in [-0.2, 0) is 11.3 Å². The molecule has 0 unspecified atom stereocenters. The van der Waals surface area contributed by atoms with Crippen LogP contribution in [0.4, 0.5) is 11.4 Å². The summed E-state index contributed by atoms with van der Waals surface area (Å²) in [6.45, 7) is 5.11. The number of nitrogens with one attached hydrogen (secondary N) is 1. The molecule has 3 aromatic rings. The van der Waals surface area contributed by atoms with Crippen molar-refractivity contribution < 1.29 is 14.3 Å². The second kappa shape index (κ2) is 12.1. The van der Waals surface area contributed by atoms with E-state index in [1.807, 2.05) is 66.7 Å². The number of carbonyl (C=O) groups is 1. The van der Waals surface area contributed by atoms with Gasteiger partial charge in [-0.15, -0.1) is 0 Å². The molecule has 0 amide bonds. The molecular weight excluding hydrogens is 414 g/mol. The van der Waals surface area contributed by atoms with Crippen LogP contribution >= 0.6 is 0 Å². The predicted octanol–water partition coefficient (Wildman–Crippen LogP) is 5.09. The molecule has 6 nitrogen and oxygen atoms in total. The Morgan fingerprint density at radius 3 is 2.61 bits per heavy atom. The highest BCUT2D eigenvalue weighted by Gasteiger charge is 2.11. The molecule has 6 heteroatoms. The second-order valence-electron chi connectivity index (χ2n) is 8.17. The van der Waals surface area contributed by atoms with Gasteiger partial charge in [-0.1, -0.05) is 18.2 Å². The lowest BCUT2D eigenvalue weighted by molar-refractivity contribution is 0.0371. The molecule has 1 aromatic heterocycles. The van der Waals surface area contributed by atoms with Crippen LogP contribution in [-0.4, -0.2) is 48.5 Å². The number of ketones is 1.